The third kappa shape index (κ3) is 4.73. The molecular formula is C21H24N2O5. The third-order valence-corrected chi connectivity index (χ3v) is 4.56. The number of nitrogens with one attached hydrogen (secondary N) is 1. The summed E-state index contributed by atoms with van der Waals surface area (Å²) in [5.41, 5.74) is 1.88. The molecule has 0 fully saturated rings. The summed E-state index contributed by atoms with van der Waals surface area (Å²) in [7, 11) is 1.28. The number of ether oxygens (including phenoxy) is 3. The molecule has 0 saturated carbocycles. The zero-order valence-corrected chi connectivity index (χ0v) is 16.0. The predicted molar refractivity (Wildman–Crippen MR) is 103 cm³/mol. The summed E-state index contributed by atoms with van der Waals surface area (Å²) >= 11 is 0. The molecule has 0 aliphatic carbocycles. The first-order valence-electron chi connectivity index (χ1n) is 9.16. The molecule has 148 valence electrons. The lowest BCUT2D eigenvalue weighted by Crippen LogP contribution is -2.49. The number of hydrogen-bond donors (Lipinski definition) is 1. The van der Waals surface area contributed by atoms with Crippen molar-refractivity contribution in [1.29, 1.82) is 0 Å². The fraction of sp³-hybridized carbons (Fsp3) is 0.333. The maximum absolute atomic E-state index is 13.2. The minimum absolute atomic E-state index is 0.172. The molecule has 1 atom stereocenters. The van der Waals surface area contributed by atoms with Gasteiger partial charge >= 0.3 is 6.09 Å². The van der Waals surface area contributed by atoms with E-state index in [2.05, 4.69) is 5.32 Å². The molecule has 1 unspecified atom stereocenters. The maximum atomic E-state index is 13.2. The average molecular weight is 384 g/mol. The molecule has 1 heterocycles. The molecule has 1 N–H and O–H groups in total. The van der Waals surface area contributed by atoms with Gasteiger partial charge in [0.1, 0.15) is 6.04 Å². The Kier molecular flexibility index (Phi) is 6.37. The van der Waals surface area contributed by atoms with Crippen LogP contribution in [0.25, 0.3) is 0 Å². The van der Waals surface area contributed by atoms with Crippen molar-refractivity contribution >= 4 is 12.0 Å². The highest BCUT2D eigenvalue weighted by molar-refractivity contribution is 5.86. The molecule has 1 aliphatic heterocycles. The Labute approximate surface area is 164 Å². The molecule has 0 bridgehead atoms. The van der Waals surface area contributed by atoms with Crippen molar-refractivity contribution in [2.75, 3.05) is 20.4 Å². The van der Waals surface area contributed by atoms with Crippen LogP contribution in [0.4, 0.5) is 4.79 Å². The Morgan fingerprint density at radius 2 is 1.86 bits per heavy atom. The number of benzene rings is 2. The molecule has 0 radical (unpaired) electrons. The van der Waals surface area contributed by atoms with Crippen molar-refractivity contribution in [2.45, 2.75) is 25.9 Å². The van der Waals surface area contributed by atoms with E-state index in [4.69, 9.17) is 14.2 Å². The van der Waals surface area contributed by atoms with E-state index in [9.17, 15) is 9.59 Å². The fourth-order valence-corrected chi connectivity index (χ4v) is 3.08. The van der Waals surface area contributed by atoms with Crippen molar-refractivity contribution < 1.29 is 23.8 Å². The minimum Gasteiger partial charge on any atom is -0.454 e. The Morgan fingerprint density at radius 3 is 2.57 bits per heavy atom. The molecule has 7 heteroatoms. The number of carbonyl (C=O) groups excluding carboxylic acids is 2. The van der Waals surface area contributed by atoms with Crippen LogP contribution in [-0.4, -0.2) is 43.4 Å². The van der Waals surface area contributed by atoms with Crippen LogP contribution in [0.3, 0.4) is 0 Å². The molecule has 2 aromatic carbocycles. The standard InChI is InChI=1S/C21H24N2O5/c1-3-23(13-16-9-10-18-19(12-16)28-14-27-18)20(24)17(22-21(25)26-2)11-15-7-5-4-6-8-15/h4-10,12,17H,3,11,13-14H2,1-2H3,(H,22,25). The smallest absolute Gasteiger partial charge is 0.407 e. The number of methoxy groups -OCH3 is 1. The molecular weight excluding hydrogens is 360 g/mol. The average Bonchev–Trinajstić information content (AvgIpc) is 3.19. The number of amides is 2. The summed E-state index contributed by atoms with van der Waals surface area (Å²) in [5, 5.41) is 2.66. The fourth-order valence-electron chi connectivity index (χ4n) is 3.08. The van der Waals surface area contributed by atoms with E-state index >= 15 is 0 Å². The molecule has 28 heavy (non-hydrogen) atoms. The molecule has 1 aliphatic rings. The van der Waals surface area contributed by atoms with Gasteiger partial charge in [-0.15, -0.1) is 0 Å². The van der Waals surface area contributed by atoms with E-state index in [0.29, 0.717) is 31.0 Å². The lowest BCUT2D eigenvalue weighted by Gasteiger charge is -2.27. The zero-order chi connectivity index (χ0) is 19.9. The maximum Gasteiger partial charge on any atom is 0.407 e. The quantitative estimate of drug-likeness (QED) is 0.794. The highest BCUT2D eigenvalue weighted by Crippen LogP contribution is 2.32. The van der Waals surface area contributed by atoms with Gasteiger partial charge in [0.25, 0.3) is 0 Å². The largest absolute Gasteiger partial charge is 0.454 e. The van der Waals surface area contributed by atoms with Crippen molar-refractivity contribution in [3.8, 4) is 11.5 Å². The molecule has 2 amide bonds. The molecule has 0 saturated heterocycles. The van der Waals surface area contributed by atoms with Crippen LogP contribution in [0.1, 0.15) is 18.1 Å². The van der Waals surface area contributed by atoms with Gasteiger partial charge in [-0.05, 0) is 30.2 Å². The summed E-state index contributed by atoms with van der Waals surface area (Å²) in [6.07, 6.45) is -0.250. The lowest BCUT2D eigenvalue weighted by atomic mass is 10.0. The SMILES string of the molecule is CCN(Cc1ccc2c(c1)OCO2)C(=O)C(Cc1ccccc1)NC(=O)OC. The Morgan fingerprint density at radius 1 is 1.11 bits per heavy atom. The van der Waals surface area contributed by atoms with Gasteiger partial charge in [-0.3, -0.25) is 4.79 Å². The van der Waals surface area contributed by atoms with E-state index in [1.165, 1.54) is 7.11 Å². The number of fused-ring (bicyclic) bond motifs is 1. The monoisotopic (exact) mass is 384 g/mol. The number of alkyl carbamates (subject to hydrolysis) is 1. The first kappa shape index (κ1) is 19.5. The van der Waals surface area contributed by atoms with E-state index in [-0.39, 0.29) is 12.7 Å². The molecule has 3 rings (SSSR count). The van der Waals surface area contributed by atoms with E-state index in [1.54, 1.807) is 4.90 Å². The van der Waals surface area contributed by atoms with Crippen LogP contribution in [0.5, 0.6) is 11.5 Å². The second kappa shape index (κ2) is 9.12. The second-order valence-corrected chi connectivity index (χ2v) is 6.42. The van der Waals surface area contributed by atoms with Crippen LogP contribution < -0.4 is 14.8 Å². The molecule has 0 aromatic heterocycles. The summed E-state index contributed by atoms with van der Waals surface area (Å²) in [5.74, 6) is 1.20. The summed E-state index contributed by atoms with van der Waals surface area (Å²) in [4.78, 5) is 26.6. The van der Waals surface area contributed by atoms with Gasteiger partial charge in [-0.25, -0.2) is 4.79 Å². The summed E-state index contributed by atoms with van der Waals surface area (Å²) < 4.78 is 15.4. The van der Waals surface area contributed by atoms with Gasteiger partial charge in [-0.2, -0.15) is 0 Å². The van der Waals surface area contributed by atoms with E-state index in [0.717, 1.165) is 11.1 Å². The van der Waals surface area contributed by atoms with Crippen molar-refractivity contribution in [1.82, 2.24) is 10.2 Å². The summed E-state index contributed by atoms with van der Waals surface area (Å²) in [6.45, 7) is 3.02. The minimum atomic E-state index is -0.719. The van der Waals surface area contributed by atoms with Gasteiger partial charge in [-0.1, -0.05) is 36.4 Å². The van der Waals surface area contributed by atoms with Crippen molar-refractivity contribution in [3.05, 3.63) is 59.7 Å². The van der Waals surface area contributed by atoms with Crippen LogP contribution in [0, 0.1) is 0 Å². The molecule has 7 nitrogen and oxygen atoms in total. The van der Waals surface area contributed by atoms with Gasteiger partial charge in [0.05, 0.1) is 7.11 Å². The topological polar surface area (TPSA) is 77.1 Å². The second-order valence-electron chi connectivity index (χ2n) is 6.42. The predicted octanol–water partition coefficient (Wildman–Crippen LogP) is 2.73. The highest BCUT2D eigenvalue weighted by atomic mass is 16.7. The first-order chi connectivity index (χ1) is 13.6. The van der Waals surface area contributed by atoms with Crippen LogP contribution in [0.15, 0.2) is 48.5 Å². The van der Waals surface area contributed by atoms with Crippen LogP contribution >= 0.6 is 0 Å². The number of carbonyl (C=O) groups is 2. The number of nitrogens with zero attached hydrogens (tertiary/aromatic N) is 1. The van der Waals surface area contributed by atoms with Crippen molar-refractivity contribution in [3.63, 3.8) is 0 Å². The van der Waals surface area contributed by atoms with E-state index in [1.807, 2.05) is 55.5 Å². The number of hydrogen-bond acceptors (Lipinski definition) is 5. The van der Waals surface area contributed by atoms with Crippen LogP contribution in [-0.2, 0) is 22.5 Å². The normalized spacial score (nSPS) is 12.9. The van der Waals surface area contributed by atoms with Gasteiger partial charge in [0.2, 0.25) is 12.7 Å². The zero-order valence-electron chi connectivity index (χ0n) is 16.0. The Balaban J connectivity index is 1.75. The third-order valence-electron chi connectivity index (χ3n) is 4.56. The number of rotatable bonds is 7. The van der Waals surface area contributed by atoms with Crippen LogP contribution in [0.2, 0.25) is 0 Å². The Hall–Kier alpha value is -3.22. The van der Waals surface area contributed by atoms with Gasteiger partial charge in [0, 0.05) is 19.5 Å². The van der Waals surface area contributed by atoms with Gasteiger partial charge in [0.15, 0.2) is 11.5 Å². The molecule has 0 spiro atoms. The van der Waals surface area contributed by atoms with Gasteiger partial charge < -0.3 is 24.4 Å². The highest BCUT2D eigenvalue weighted by Gasteiger charge is 2.26. The van der Waals surface area contributed by atoms with Crippen molar-refractivity contribution in [2.24, 2.45) is 0 Å². The number of likely N-dealkylation sites (N-methyl/N-ethyl adjacent to an activating group) is 1. The van der Waals surface area contributed by atoms with E-state index < -0.39 is 12.1 Å². The molecule has 2 aromatic rings. The summed E-state index contributed by atoms with van der Waals surface area (Å²) in [6, 6.07) is 14.5. The first-order valence-corrected chi connectivity index (χ1v) is 9.16. The Bertz CT molecular complexity index is 825. The lowest BCUT2D eigenvalue weighted by molar-refractivity contribution is -0.133.